The lowest BCUT2D eigenvalue weighted by atomic mass is 10.00. The van der Waals surface area contributed by atoms with E-state index in [-0.39, 0.29) is 31.9 Å². The van der Waals surface area contributed by atoms with Crippen LogP contribution in [0.1, 0.15) is 26.0 Å². The molecule has 1 heterocycles. The Morgan fingerprint density at radius 3 is 2.43 bits per heavy atom. The minimum atomic E-state index is -2.46. The second-order valence-electron chi connectivity index (χ2n) is 7.24. The Balaban J connectivity index is 1.94. The molecule has 3 N–H and O–H groups in total. The van der Waals surface area contributed by atoms with Crippen LogP contribution in [-0.4, -0.2) is 60.4 Å². The van der Waals surface area contributed by atoms with Gasteiger partial charge in [0, 0.05) is 34.6 Å². The van der Waals surface area contributed by atoms with Crippen molar-refractivity contribution in [2.45, 2.75) is 25.9 Å². The van der Waals surface area contributed by atoms with Gasteiger partial charge in [0.1, 0.15) is 0 Å². The fourth-order valence-corrected chi connectivity index (χ4v) is 3.19. The van der Waals surface area contributed by atoms with Crippen LogP contribution < -0.4 is 5.32 Å². The summed E-state index contributed by atoms with van der Waals surface area (Å²) in [6.07, 6.45) is 7.46. The number of amides is 1. The summed E-state index contributed by atoms with van der Waals surface area (Å²) in [7, 11) is 1.37. The van der Waals surface area contributed by atoms with Gasteiger partial charge in [-0.2, -0.15) is 0 Å². The number of benzene rings is 1. The lowest BCUT2D eigenvalue weighted by Crippen LogP contribution is -2.48. The summed E-state index contributed by atoms with van der Waals surface area (Å²) in [6, 6.07) is 7.48. The van der Waals surface area contributed by atoms with Gasteiger partial charge in [-0.3, -0.25) is 4.79 Å². The van der Waals surface area contributed by atoms with Crippen molar-refractivity contribution >= 4 is 46.4 Å². The Hall–Kier alpha value is -3.56. The molecule has 35 heavy (non-hydrogen) atoms. The van der Waals surface area contributed by atoms with Crippen molar-refractivity contribution < 1.29 is 33.7 Å². The molecule has 0 unspecified atom stereocenters. The highest BCUT2D eigenvalue weighted by Gasteiger charge is 2.46. The number of methoxy groups -OCH3 is 1. The van der Waals surface area contributed by atoms with Gasteiger partial charge in [0.05, 0.1) is 20.3 Å². The van der Waals surface area contributed by atoms with Crippen LogP contribution >= 0.6 is 11.6 Å². The fraction of sp³-hybridized carbons (Fsp3) is 0.320. The Morgan fingerprint density at radius 1 is 1.11 bits per heavy atom. The Labute approximate surface area is 208 Å². The summed E-state index contributed by atoms with van der Waals surface area (Å²) in [5, 5.41) is 14.7. The first kappa shape index (κ1) is 27.7. The van der Waals surface area contributed by atoms with Crippen LogP contribution in [0.4, 0.5) is 0 Å². The monoisotopic (exact) mass is 504 g/mol. The number of aromatic amines is 1. The van der Waals surface area contributed by atoms with Gasteiger partial charge in [0.25, 0.3) is 11.5 Å². The van der Waals surface area contributed by atoms with Gasteiger partial charge < -0.3 is 29.6 Å². The lowest BCUT2D eigenvalue weighted by Gasteiger charge is -2.22. The number of rotatable bonds is 12. The lowest BCUT2D eigenvalue weighted by molar-refractivity contribution is -0.182. The first-order valence-electron chi connectivity index (χ1n) is 11.0. The van der Waals surface area contributed by atoms with Crippen molar-refractivity contribution in [1.29, 1.82) is 0 Å². The number of carbonyl (C=O) groups excluding carboxylic acids is 3. The van der Waals surface area contributed by atoms with E-state index in [9.17, 15) is 19.5 Å². The molecule has 0 fully saturated rings. The molecule has 0 saturated carbocycles. The quantitative estimate of drug-likeness (QED) is 0.101. The fourth-order valence-electron chi connectivity index (χ4n) is 3.01. The average molecular weight is 505 g/mol. The third-order valence-corrected chi connectivity index (χ3v) is 4.99. The number of allylic oxidation sites excluding steroid dienone is 2. The minimum Gasteiger partial charge on any atom is -0.491 e. The minimum absolute atomic E-state index is 0.00444. The van der Waals surface area contributed by atoms with Crippen LogP contribution in [-0.2, 0) is 28.6 Å². The molecule has 0 saturated heterocycles. The summed E-state index contributed by atoms with van der Waals surface area (Å²) in [4.78, 5) is 39.6. The van der Waals surface area contributed by atoms with E-state index in [2.05, 4.69) is 10.3 Å². The van der Waals surface area contributed by atoms with Crippen molar-refractivity contribution in [3.8, 4) is 0 Å². The zero-order chi connectivity index (χ0) is 25.8. The number of nitrogens with one attached hydrogen (secondary N) is 2. The maximum atomic E-state index is 12.3. The zero-order valence-electron chi connectivity index (χ0n) is 19.8. The third-order valence-electron chi connectivity index (χ3n) is 4.76. The van der Waals surface area contributed by atoms with Crippen LogP contribution in [0.2, 0.25) is 5.02 Å². The average Bonchev–Trinajstić information content (AvgIpc) is 3.23. The van der Waals surface area contributed by atoms with Crippen molar-refractivity contribution in [1.82, 2.24) is 10.3 Å². The van der Waals surface area contributed by atoms with Gasteiger partial charge in [-0.05, 0) is 44.2 Å². The van der Waals surface area contributed by atoms with E-state index in [0.717, 1.165) is 16.6 Å². The summed E-state index contributed by atoms with van der Waals surface area (Å²) in [5.41, 5.74) is -0.730. The largest absolute Gasteiger partial charge is 0.491 e. The smallest absolute Gasteiger partial charge is 0.350 e. The Morgan fingerprint density at radius 2 is 1.80 bits per heavy atom. The maximum absolute atomic E-state index is 12.3. The topological polar surface area (TPSA) is 127 Å². The van der Waals surface area contributed by atoms with E-state index in [1.54, 1.807) is 32.1 Å². The SMILES string of the molecule is CCOC(=O)C(O)(C/C=C/CNC(=O)/C(=C/C=C/c1cc2ccc(Cl)cc2[nH]1)OC)C(=O)OCC. The number of fused-ring (bicyclic) bond motifs is 1. The van der Waals surface area contributed by atoms with E-state index in [4.69, 9.17) is 25.8 Å². The summed E-state index contributed by atoms with van der Waals surface area (Å²) in [6.45, 7) is 3.17. The third kappa shape index (κ3) is 7.73. The van der Waals surface area contributed by atoms with E-state index in [1.807, 2.05) is 18.2 Å². The van der Waals surface area contributed by atoms with Gasteiger partial charge in [-0.1, -0.05) is 35.9 Å². The molecule has 0 aliphatic heterocycles. The molecule has 188 valence electrons. The molecule has 9 nitrogen and oxygen atoms in total. The Kier molecular flexibility index (Phi) is 10.6. The first-order valence-corrected chi connectivity index (χ1v) is 11.3. The van der Waals surface area contributed by atoms with Gasteiger partial charge >= 0.3 is 11.9 Å². The number of carbonyl (C=O) groups is 3. The zero-order valence-corrected chi connectivity index (χ0v) is 20.6. The molecule has 2 rings (SSSR count). The standard InChI is InChI=1S/C25H29ClN2O7/c1-4-34-23(30)25(32,24(31)35-5-2)13-6-7-14-27-22(29)21(33-3)10-8-9-19-15-17-11-12-18(26)16-20(17)28-19/h6-12,15-16,28,32H,4-5,13-14H2,1-3H3,(H,27,29)/b7-6+,9-8+,21-10-. The summed E-state index contributed by atoms with van der Waals surface area (Å²) >= 11 is 6.00. The highest BCUT2D eigenvalue weighted by molar-refractivity contribution is 6.31. The van der Waals surface area contributed by atoms with Crippen molar-refractivity contribution in [2.75, 3.05) is 26.9 Å². The molecule has 0 aliphatic carbocycles. The normalized spacial score (nSPS) is 12.3. The molecule has 0 bridgehead atoms. The van der Waals surface area contributed by atoms with Crippen LogP contribution in [0.5, 0.6) is 0 Å². The van der Waals surface area contributed by atoms with Gasteiger partial charge in [-0.15, -0.1) is 0 Å². The molecule has 0 spiro atoms. The molecule has 1 aromatic heterocycles. The van der Waals surface area contributed by atoms with E-state index in [0.29, 0.717) is 5.02 Å². The van der Waals surface area contributed by atoms with Crippen LogP contribution in [0.15, 0.2) is 54.3 Å². The number of hydrogen-bond acceptors (Lipinski definition) is 7. The second kappa shape index (κ2) is 13.4. The van der Waals surface area contributed by atoms with Crippen molar-refractivity contribution in [3.63, 3.8) is 0 Å². The van der Waals surface area contributed by atoms with E-state index < -0.39 is 23.4 Å². The highest BCUT2D eigenvalue weighted by atomic mass is 35.5. The van der Waals surface area contributed by atoms with Crippen LogP contribution in [0, 0.1) is 0 Å². The molecular formula is C25H29ClN2O7. The predicted molar refractivity (Wildman–Crippen MR) is 132 cm³/mol. The molecule has 1 aromatic carbocycles. The number of ether oxygens (including phenoxy) is 3. The first-order chi connectivity index (χ1) is 16.7. The van der Waals surface area contributed by atoms with Crippen LogP contribution in [0.25, 0.3) is 17.0 Å². The summed E-state index contributed by atoms with van der Waals surface area (Å²) in [5.74, 6) is -2.59. The number of aliphatic hydroxyl groups is 1. The number of hydrogen-bond donors (Lipinski definition) is 3. The number of halogens is 1. The molecule has 0 aliphatic rings. The van der Waals surface area contributed by atoms with E-state index in [1.165, 1.54) is 25.3 Å². The number of H-pyrrole nitrogens is 1. The highest BCUT2D eigenvalue weighted by Crippen LogP contribution is 2.20. The molecule has 0 radical (unpaired) electrons. The Bertz CT molecular complexity index is 1120. The molecule has 0 atom stereocenters. The van der Waals surface area contributed by atoms with Crippen molar-refractivity contribution in [2.24, 2.45) is 0 Å². The molecular weight excluding hydrogens is 476 g/mol. The van der Waals surface area contributed by atoms with Gasteiger partial charge in [0.15, 0.2) is 5.76 Å². The van der Waals surface area contributed by atoms with Crippen molar-refractivity contribution in [3.05, 3.63) is 65.0 Å². The summed E-state index contributed by atoms with van der Waals surface area (Å²) < 4.78 is 14.7. The molecule has 1 amide bonds. The van der Waals surface area contributed by atoms with E-state index >= 15 is 0 Å². The van der Waals surface area contributed by atoms with Crippen LogP contribution in [0.3, 0.4) is 0 Å². The number of esters is 2. The van der Waals surface area contributed by atoms with Gasteiger partial charge in [0.2, 0.25) is 0 Å². The van der Waals surface area contributed by atoms with Gasteiger partial charge in [-0.25, -0.2) is 9.59 Å². The second-order valence-corrected chi connectivity index (χ2v) is 7.67. The predicted octanol–water partition coefficient (Wildman–Crippen LogP) is 3.28. The number of aromatic nitrogens is 1. The molecule has 2 aromatic rings. The molecule has 10 heteroatoms. The maximum Gasteiger partial charge on any atom is 0.350 e.